The molecular weight excluding hydrogens is 334 g/mol. The van der Waals surface area contributed by atoms with Crippen LogP contribution in [0, 0.1) is 11.3 Å². The Bertz CT molecular complexity index is 876. The summed E-state index contributed by atoms with van der Waals surface area (Å²) in [5.74, 6) is 0.211. The van der Waals surface area contributed by atoms with Gasteiger partial charge in [0.15, 0.2) is 0 Å². The predicted octanol–water partition coefficient (Wildman–Crippen LogP) is 2.47. The van der Waals surface area contributed by atoms with Crippen LogP contribution in [0.3, 0.4) is 0 Å². The molecule has 0 fully saturated rings. The number of benzene rings is 1. The molecule has 0 atom stereocenters. The maximum Gasteiger partial charge on any atom is 0.414 e. The largest absolute Gasteiger partial charge is 0.443 e. The highest BCUT2D eigenvalue weighted by Gasteiger charge is 2.30. The average Bonchev–Trinajstić information content (AvgIpc) is 3.23. The zero-order valence-electron chi connectivity index (χ0n) is 14.8. The standard InChI is InChI=1S/C17H19N7O2/c1-17(2,3)26-16(25)24-8-7-12-13(5-4-6-14(12)24)19-10-11(9-18)15-20-22-23-21-15/h4-6,10,19H,7-8H2,1-3H3,(H,20,21,22,23). The fraction of sp³-hybridized carbons (Fsp3) is 0.353. The molecule has 3 rings (SSSR count). The molecule has 0 unspecified atom stereocenters. The van der Waals surface area contributed by atoms with Crippen LogP contribution in [-0.2, 0) is 11.2 Å². The molecule has 9 heteroatoms. The van der Waals surface area contributed by atoms with Gasteiger partial charge in [0, 0.05) is 24.0 Å². The molecule has 134 valence electrons. The van der Waals surface area contributed by atoms with Gasteiger partial charge in [-0.25, -0.2) is 4.79 Å². The smallest absolute Gasteiger partial charge is 0.414 e. The summed E-state index contributed by atoms with van der Waals surface area (Å²) in [6.45, 7) is 6.06. The second-order valence-electron chi connectivity index (χ2n) is 6.73. The third kappa shape index (κ3) is 3.64. The Hall–Kier alpha value is -3.41. The van der Waals surface area contributed by atoms with Gasteiger partial charge in [-0.1, -0.05) is 6.07 Å². The van der Waals surface area contributed by atoms with E-state index in [0.717, 1.165) is 16.9 Å². The van der Waals surface area contributed by atoms with Crippen molar-refractivity contribution in [3.63, 3.8) is 0 Å². The van der Waals surface area contributed by atoms with Crippen molar-refractivity contribution in [1.29, 1.82) is 5.26 Å². The number of amides is 1. The fourth-order valence-corrected chi connectivity index (χ4v) is 2.65. The van der Waals surface area contributed by atoms with Crippen LogP contribution in [0.2, 0.25) is 0 Å². The fourth-order valence-electron chi connectivity index (χ4n) is 2.65. The third-order valence-electron chi connectivity index (χ3n) is 3.72. The monoisotopic (exact) mass is 353 g/mol. The van der Waals surface area contributed by atoms with Gasteiger partial charge in [-0.3, -0.25) is 4.90 Å². The average molecular weight is 353 g/mol. The van der Waals surface area contributed by atoms with Gasteiger partial charge in [-0.15, -0.1) is 10.2 Å². The molecule has 0 spiro atoms. The molecular formula is C17H19N7O2. The van der Waals surface area contributed by atoms with Crippen molar-refractivity contribution < 1.29 is 9.53 Å². The molecule has 9 nitrogen and oxygen atoms in total. The molecule has 0 bridgehead atoms. The molecule has 0 radical (unpaired) electrons. The van der Waals surface area contributed by atoms with Gasteiger partial charge in [-0.05, 0) is 44.5 Å². The highest BCUT2D eigenvalue weighted by atomic mass is 16.6. The lowest BCUT2D eigenvalue weighted by Crippen LogP contribution is -2.35. The first-order valence-electron chi connectivity index (χ1n) is 8.12. The number of nitriles is 1. The number of rotatable bonds is 3. The van der Waals surface area contributed by atoms with Gasteiger partial charge in [0.25, 0.3) is 0 Å². The first kappa shape index (κ1) is 17.4. The number of nitrogens with one attached hydrogen (secondary N) is 2. The number of fused-ring (bicyclic) bond motifs is 1. The number of carbonyl (C=O) groups is 1. The summed E-state index contributed by atoms with van der Waals surface area (Å²) in [5, 5.41) is 25.7. The van der Waals surface area contributed by atoms with Crippen molar-refractivity contribution in [2.24, 2.45) is 0 Å². The van der Waals surface area contributed by atoms with Crippen LogP contribution < -0.4 is 10.2 Å². The molecule has 1 aromatic heterocycles. The SMILES string of the molecule is CC(C)(C)OC(=O)N1CCc2c(NC=C(C#N)c3nn[nH]n3)cccc21. The number of H-pyrrole nitrogens is 1. The minimum absolute atomic E-state index is 0.211. The van der Waals surface area contributed by atoms with Crippen LogP contribution in [-0.4, -0.2) is 38.9 Å². The number of tetrazole rings is 1. The van der Waals surface area contributed by atoms with E-state index in [4.69, 9.17) is 4.74 Å². The lowest BCUT2D eigenvalue weighted by Gasteiger charge is -2.24. The maximum atomic E-state index is 12.4. The maximum absolute atomic E-state index is 12.4. The Morgan fingerprint density at radius 1 is 1.46 bits per heavy atom. The third-order valence-corrected chi connectivity index (χ3v) is 3.72. The second kappa shape index (κ2) is 6.84. The lowest BCUT2D eigenvalue weighted by atomic mass is 10.1. The van der Waals surface area contributed by atoms with E-state index in [9.17, 15) is 10.1 Å². The number of ether oxygens (including phenoxy) is 1. The van der Waals surface area contributed by atoms with Crippen LogP contribution in [0.15, 0.2) is 24.4 Å². The summed E-state index contributed by atoms with van der Waals surface area (Å²) in [6, 6.07) is 7.64. The molecule has 2 N–H and O–H groups in total. The summed E-state index contributed by atoms with van der Waals surface area (Å²) in [6.07, 6.45) is 1.85. The number of nitrogens with zero attached hydrogens (tertiary/aromatic N) is 5. The number of anilines is 2. The van der Waals surface area contributed by atoms with Gasteiger partial charge in [0.05, 0.1) is 5.69 Å². The number of hydrogen-bond acceptors (Lipinski definition) is 7. The van der Waals surface area contributed by atoms with Crippen LogP contribution in [0.5, 0.6) is 0 Å². The van der Waals surface area contributed by atoms with Gasteiger partial charge >= 0.3 is 6.09 Å². The molecule has 1 aliphatic heterocycles. The van der Waals surface area contributed by atoms with Crippen LogP contribution in [0.1, 0.15) is 32.2 Å². The molecule has 0 saturated carbocycles. The number of aromatic nitrogens is 4. The second-order valence-corrected chi connectivity index (χ2v) is 6.73. The number of aromatic amines is 1. The Labute approximate surface area is 150 Å². The van der Waals surface area contributed by atoms with Crippen molar-refractivity contribution in [2.75, 3.05) is 16.8 Å². The highest BCUT2D eigenvalue weighted by Crippen LogP contribution is 2.34. The van der Waals surface area contributed by atoms with Gasteiger partial charge in [-0.2, -0.15) is 10.5 Å². The number of carbonyl (C=O) groups excluding carboxylic acids is 1. The highest BCUT2D eigenvalue weighted by molar-refractivity contribution is 5.92. The Kier molecular flexibility index (Phi) is 4.58. The summed E-state index contributed by atoms with van der Waals surface area (Å²) < 4.78 is 5.47. The first-order valence-corrected chi connectivity index (χ1v) is 8.12. The first-order chi connectivity index (χ1) is 12.4. The molecule has 1 aromatic carbocycles. The predicted molar refractivity (Wildman–Crippen MR) is 95.1 cm³/mol. The topological polar surface area (TPSA) is 120 Å². The lowest BCUT2D eigenvalue weighted by molar-refractivity contribution is 0.0584. The normalized spacial score (nSPS) is 13.9. The van der Waals surface area contributed by atoms with Crippen LogP contribution in [0.25, 0.3) is 5.57 Å². The number of hydrogen-bond donors (Lipinski definition) is 2. The molecule has 26 heavy (non-hydrogen) atoms. The van der Waals surface area contributed by atoms with E-state index in [1.54, 1.807) is 4.90 Å². The zero-order chi connectivity index (χ0) is 18.7. The molecule has 0 aliphatic carbocycles. The van der Waals surface area contributed by atoms with E-state index in [-0.39, 0.29) is 17.5 Å². The zero-order valence-corrected chi connectivity index (χ0v) is 14.8. The minimum atomic E-state index is -0.551. The van der Waals surface area contributed by atoms with E-state index in [2.05, 4.69) is 25.9 Å². The van der Waals surface area contributed by atoms with Crippen LogP contribution in [0.4, 0.5) is 16.2 Å². The Morgan fingerprint density at radius 2 is 2.27 bits per heavy atom. The number of allylic oxidation sites excluding steroid dienone is 1. The molecule has 0 saturated heterocycles. The summed E-state index contributed by atoms with van der Waals surface area (Å²) in [7, 11) is 0. The Balaban J connectivity index is 1.82. The summed E-state index contributed by atoms with van der Waals surface area (Å²) in [5.41, 5.74) is 2.30. The molecule has 2 heterocycles. The molecule has 1 amide bonds. The van der Waals surface area contributed by atoms with Crippen molar-refractivity contribution in [3.8, 4) is 6.07 Å². The quantitative estimate of drug-likeness (QED) is 0.813. The summed E-state index contributed by atoms with van der Waals surface area (Å²) >= 11 is 0. The van der Waals surface area contributed by atoms with Crippen LogP contribution >= 0.6 is 0 Å². The van der Waals surface area contributed by atoms with Crippen molar-refractivity contribution >= 4 is 23.0 Å². The molecule has 2 aromatic rings. The Morgan fingerprint density at radius 3 is 2.92 bits per heavy atom. The van der Waals surface area contributed by atoms with Gasteiger partial charge in [0.1, 0.15) is 17.2 Å². The van der Waals surface area contributed by atoms with Gasteiger partial charge in [0.2, 0.25) is 5.82 Å². The minimum Gasteiger partial charge on any atom is -0.443 e. The molecule has 1 aliphatic rings. The van der Waals surface area contributed by atoms with E-state index < -0.39 is 5.60 Å². The van der Waals surface area contributed by atoms with E-state index >= 15 is 0 Å². The van der Waals surface area contributed by atoms with Gasteiger partial charge < -0.3 is 10.1 Å². The van der Waals surface area contributed by atoms with Crippen molar-refractivity contribution in [3.05, 3.63) is 35.8 Å². The van der Waals surface area contributed by atoms with Crippen molar-refractivity contribution in [2.45, 2.75) is 32.8 Å². The van der Waals surface area contributed by atoms with Crippen molar-refractivity contribution in [1.82, 2.24) is 20.6 Å². The van der Waals surface area contributed by atoms with E-state index in [0.29, 0.717) is 13.0 Å². The van der Waals surface area contributed by atoms with E-state index in [1.807, 2.05) is 45.0 Å². The summed E-state index contributed by atoms with van der Waals surface area (Å²) in [4.78, 5) is 14.0. The van der Waals surface area contributed by atoms with E-state index in [1.165, 1.54) is 6.20 Å².